The predicted octanol–water partition coefficient (Wildman–Crippen LogP) is -1.41. The summed E-state index contributed by atoms with van der Waals surface area (Å²) >= 11 is 0. The average molecular weight is 334 g/mol. The largest absolute Gasteiger partial charge is 0.393 e. The van der Waals surface area contributed by atoms with Gasteiger partial charge in [0.05, 0.1) is 31.0 Å². The summed E-state index contributed by atoms with van der Waals surface area (Å²) in [4.78, 5) is 18.0. The smallest absolute Gasteiger partial charge is 0.258 e. The van der Waals surface area contributed by atoms with E-state index in [2.05, 4.69) is 20.7 Å². The second-order valence-corrected chi connectivity index (χ2v) is 5.88. The molecule has 0 spiro atoms. The molecule has 1 saturated heterocycles. The van der Waals surface area contributed by atoms with E-state index in [-0.39, 0.29) is 18.7 Å². The number of aliphatic hydroxyl groups excluding tert-OH is 2. The lowest BCUT2D eigenvalue weighted by atomic mass is 9.96. The molecule has 1 fully saturated rings. The van der Waals surface area contributed by atoms with E-state index in [0.29, 0.717) is 17.0 Å². The number of imidazole rings is 1. The minimum atomic E-state index is -1.62. The molecule has 0 saturated carbocycles. The van der Waals surface area contributed by atoms with Gasteiger partial charge in [-0.3, -0.25) is 4.79 Å². The van der Waals surface area contributed by atoms with Crippen molar-refractivity contribution in [2.24, 2.45) is 0 Å². The molecule has 24 heavy (non-hydrogen) atoms. The van der Waals surface area contributed by atoms with Gasteiger partial charge in [-0.25, -0.2) is 13.9 Å². The maximum atomic E-state index is 14.0. The lowest BCUT2D eigenvalue weighted by Gasteiger charge is -2.44. The second kappa shape index (κ2) is 5.14. The third-order valence-electron chi connectivity index (χ3n) is 4.09. The topological polar surface area (TPSA) is 115 Å². The molecular weight excluding hydrogens is 319 g/mol. The van der Waals surface area contributed by atoms with Gasteiger partial charge in [0, 0.05) is 18.6 Å². The van der Waals surface area contributed by atoms with Crippen LogP contribution in [0.2, 0.25) is 0 Å². The zero-order valence-electron chi connectivity index (χ0n) is 12.5. The molecule has 9 nitrogen and oxygen atoms in total. The highest BCUT2D eigenvalue weighted by atomic mass is 19.1. The van der Waals surface area contributed by atoms with Gasteiger partial charge in [0.2, 0.25) is 6.35 Å². The van der Waals surface area contributed by atoms with E-state index in [0.717, 1.165) is 0 Å². The number of carbonyl (C=O) groups excluding carboxylic acids is 1. The summed E-state index contributed by atoms with van der Waals surface area (Å²) in [6.07, 6.45) is 3.41. The Labute approximate surface area is 135 Å². The van der Waals surface area contributed by atoms with Crippen LogP contribution < -0.4 is 15.5 Å². The third kappa shape index (κ3) is 2.27. The number of amides is 1. The molecule has 0 radical (unpaired) electrons. The molecule has 0 aromatic carbocycles. The number of anilines is 1. The van der Waals surface area contributed by atoms with Crippen molar-refractivity contribution in [3.05, 3.63) is 30.4 Å². The maximum Gasteiger partial charge on any atom is 0.258 e. The van der Waals surface area contributed by atoms with Gasteiger partial charge in [0.25, 0.3) is 5.91 Å². The van der Waals surface area contributed by atoms with Crippen molar-refractivity contribution >= 4 is 22.8 Å². The van der Waals surface area contributed by atoms with Crippen molar-refractivity contribution in [3.63, 3.8) is 0 Å². The number of halogens is 1. The first-order chi connectivity index (χ1) is 11.5. The highest BCUT2D eigenvalue weighted by Crippen LogP contribution is 2.33. The molecule has 4 rings (SSSR count). The quantitative estimate of drug-likeness (QED) is 0.545. The Morgan fingerprint density at radius 1 is 1.46 bits per heavy atom. The highest BCUT2D eigenvalue weighted by molar-refractivity contribution is 6.19. The molecule has 1 atom stereocenters. The van der Waals surface area contributed by atoms with Gasteiger partial charge in [-0.1, -0.05) is 0 Å². The molecule has 0 aliphatic carbocycles. The Balaban J connectivity index is 1.75. The van der Waals surface area contributed by atoms with Crippen LogP contribution in [0.1, 0.15) is 5.69 Å². The van der Waals surface area contributed by atoms with Crippen molar-refractivity contribution in [3.8, 4) is 0 Å². The number of aromatic nitrogens is 3. The Hall–Kier alpha value is -2.72. The standard InChI is InChI=1S/C14H15FN6O3/c15-14(7-22)5-20(6-14)10-3-9(19-21-2-1-16-11(10)21)8-4-17-13(24)18-12(8)23/h1-4,13,17,22,24H,5-7H2,(H,18,23). The Morgan fingerprint density at radius 3 is 2.96 bits per heavy atom. The number of nitrogens with one attached hydrogen (secondary N) is 2. The molecule has 2 aromatic rings. The van der Waals surface area contributed by atoms with Crippen molar-refractivity contribution < 1.29 is 19.4 Å². The number of nitrogens with zero attached hydrogens (tertiary/aromatic N) is 4. The fourth-order valence-electron chi connectivity index (χ4n) is 2.83. The summed E-state index contributed by atoms with van der Waals surface area (Å²) in [7, 11) is 0. The van der Waals surface area contributed by atoms with Crippen LogP contribution in [-0.2, 0) is 4.79 Å². The first kappa shape index (κ1) is 14.8. The van der Waals surface area contributed by atoms with Gasteiger partial charge in [0.15, 0.2) is 11.3 Å². The minimum Gasteiger partial charge on any atom is -0.393 e. The molecule has 2 aliphatic rings. The van der Waals surface area contributed by atoms with Crippen molar-refractivity contribution in [1.29, 1.82) is 0 Å². The molecule has 4 N–H and O–H groups in total. The van der Waals surface area contributed by atoms with Gasteiger partial charge in [0.1, 0.15) is 5.69 Å². The first-order valence-electron chi connectivity index (χ1n) is 7.34. The number of carbonyl (C=O) groups is 1. The van der Waals surface area contributed by atoms with Crippen molar-refractivity contribution in [2.45, 2.75) is 12.0 Å². The summed E-state index contributed by atoms with van der Waals surface area (Å²) in [5, 5.41) is 27.7. The number of rotatable bonds is 3. The Kier molecular flexibility index (Phi) is 3.18. The predicted molar refractivity (Wildman–Crippen MR) is 81.4 cm³/mol. The molecule has 10 heteroatoms. The molecule has 2 aliphatic heterocycles. The highest BCUT2D eigenvalue weighted by Gasteiger charge is 2.44. The fraction of sp³-hybridized carbons (Fsp3) is 0.357. The van der Waals surface area contributed by atoms with Crippen LogP contribution in [0, 0.1) is 0 Å². The van der Waals surface area contributed by atoms with E-state index in [1.807, 2.05) is 0 Å². The van der Waals surface area contributed by atoms with E-state index in [9.17, 15) is 14.3 Å². The molecule has 1 amide bonds. The summed E-state index contributed by atoms with van der Waals surface area (Å²) in [6, 6.07) is 1.64. The fourth-order valence-corrected chi connectivity index (χ4v) is 2.83. The van der Waals surface area contributed by atoms with Crippen LogP contribution in [0.4, 0.5) is 10.1 Å². The van der Waals surface area contributed by atoms with Gasteiger partial charge in [-0.15, -0.1) is 0 Å². The zero-order chi connectivity index (χ0) is 16.9. The SMILES string of the molecule is O=C1NC(O)NC=C1c1cc(N2CC(F)(CO)C2)c2nccn2n1. The van der Waals surface area contributed by atoms with E-state index in [1.54, 1.807) is 23.4 Å². The van der Waals surface area contributed by atoms with Crippen LogP contribution in [0.25, 0.3) is 11.2 Å². The van der Waals surface area contributed by atoms with Crippen molar-refractivity contribution in [1.82, 2.24) is 25.2 Å². The van der Waals surface area contributed by atoms with Crippen LogP contribution in [0.15, 0.2) is 24.7 Å². The minimum absolute atomic E-state index is 0.0394. The van der Waals surface area contributed by atoms with Crippen LogP contribution >= 0.6 is 0 Å². The van der Waals surface area contributed by atoms with Gasteiger partial charge in [-0.2, -0.15) is 5.10 Å². The van der Waals surface area contributed by atoms with Gasteiger partial charge in [-0.05, 0) is 6.07 Å². The van der Waals surface area contributed by atoms with Gasteiger partial charge >= 0.3 is 0 Å². The van der Waals surface area contributed by atoms with E-state index in [4.69, 9.17) is 5.11 Å². The number of hydrogen-bond donors (Lipinski definition) is 4. The molecule has 0 bridgehead atoms. The first-order valence-corrected chi connectivity index (χ1v) is 7.34. The molecule has 4 heterocycles. The van der Waals surface area contributed by atoms with Gasteiger partial charge < -0.3 is 25.7 Å². The summed E-state index contributed by atoms with van der Waals surface area (Å²) < 4.78 is 15.5. The van der Waals surface area contributed by atoms with Crippen LogP contribution in [0.3, 0.4) is 0 Å². The van der Waals surface area contributed by atoms with Crippen molar-refractivity contribution in [2.75, 3.05) is 24.6 Å². The Morgan fingerprint density at radius 2 is 2.25 bits per heavy atom. The maximum absolute atomic E-state index is 14.0. The lowest BCUT2D eigenvalue weighted by molar-refractivity contribution is -0.119. The normalized spacial score (nSPS) is 22.6. The average Bonchev–Trinajstić information content (AvgIpc) is 2.99. The summed E-state index contributed by atoms with van der Waals surface area (Å²) in [6.45, 7) is -0.461. The summed E-state index contributed by atoms with van der Waals surface area (Å²) in [5.74, 6) is -0.474. The zero-order valence-corrected chi connectivity index (χ0v) is 12.5. The lowest BCUT2D eigenvalue weighted by Crippen LogP contribution is -2.61. The number of alkyl halides is 1. The number of hydrogen-bond acceptors (Lipinski definition) is 7. The molecule has 2 aromatic heterocycles. The number of aliphatic hydroxyl groups is 2. The van der Waals surface area contributed by atoms with E-state index < -0.39 is 24.5 Å². The van der Waals surface area contributed by atoms with Crippen LogP contribution in [-0.4, -0.2) is 62.4 Å². The third-order valence-corrected chi connectivity index (χ3v) is 4.09. The van der Waals surface area contributed by atoms with E-state index in [1.165, 1.54) is 10.7 Å². The van der Waals surface area contributed by atoms with Crippen LogP contribution in [0.5, 0.6) is 0 Å². The molecule has 126 valence electrons. The number of fused-ring (bicyclic) bond motifs is 1. The monoisotopic (exact) mass is 334 g/mol. The summed E-state index contributed by atoms with van der Waals surface area (Å²) in [5.41, 5.74) is 0.120. The van der Waals surface area contributed by atoms with E-state index >= 15 is 0 Å². The second-order valence-electron chi connectivity index (χ2n) is 5.88. The Bertz CT molecular complexity index is 844. The molecule has 1 unspecified atom stereocenters. The molecular formula is C14H15FN6O3.